The van der Waals surface area contributed by atoms with Gasteiger partial charge in [-0.05, 0) is 32.9 Å². The number of rotatable bonds is 4. The molecule has 2 rings (SSSR count). The average molecular weight is 324 g/mol. The first kappa shape index (κ1) is 16.6. The number of nitrogens with zero attached hydrogens (tertiary/aromatic N) is 2. The van der Waals surface area contributed by atoms with Crippen LogP contribution in [0.25, 0.3) is 0 Å². The highest BCUT2D eigenvalue weighted by atomic mass is 32.2. The number of carbonyl (C=O) groups excluding carboxylic acids is 1. The molecule has 0 spiro atoms. The smallest absolute Gasteiger partial charge is 0.270 e. The normalized spacial score (nSPS) is 24.5. The average Bonchev–Trinajstić information content (AvgIpc) is 2.72. The minimum absolute atomic E-state index is 0.292. The highest BCUT2D eigenvalue weighted by Crippen LogP contribution is 2.25. The Morgan fingerprint density at radius 2 is 1.91 bits per heavy atom. The van der Waals surface area contributed by atoms with Crippen LogP contribution in [0.5, 0.6) is 0 Å². The topological polar surface area (TPSA) is 106 Å². The van der Waals surface area contributed by atoms with Gasteiger partial charge in [0.2, 0.25) is 0 Å². The van der Waals surface area contributed by atoms with Crippen molar-refractivity contribution in [3.63, 3.8) is 0 Å². The molecule has 7 nitrogen and oxygen atoms in total. The fourth-order valence-corrected chi connectivity index (χ4v) is 3.34. The zero-order valence-electron chi connectivity index (χ0n) is 13.0. The highest BCUT2D eigenvalue weighted by Gasteiger charge is 2.46. The lowest BCUT2D eigenvalue weighted by Gasteiger charge is -2.22. The van der Waals surface area contributed by atoms with Crippen molar-refractivity contribution in [1.29, 1.82) is 4.78 Å². The van der Waals surface area contributed by atoms with Crippen molar-refractivity contribution in [1.82, 2.24) is 10.5 Å². The zero-order valence-corrected chi connectivity index (χ0v) is 13.8. The lowest BCUT2D eigenvalue weighted by molar-refractivity contribution is -0.134. The molecule has 0 saturated carbocycles. The van der Waals surface area contributed by atoms with Crippen molar-refractivity contribution in [2.75, 3.05) is 7.05 Å². The van der Waals surface area contributed by atoms with E-state index in [1.165, 1.54) is 14.0 Å². The number of amides is 1. The fourth-order valence-electron chi connectivity index (χ4n) is 2.25. The van der Waals surface area contributed by atoms with Gasteiger partial charge in [0.15, 0.2) is 5.54 Å². The first-order valence-electron chi connectivity index (χ1n) is 6.81. The molecule has 1 aliphatic heterocycles. The molecule has 8 heteroatoms. The SMILES string of the molecule is CC(C)S(=N)(=O)c1ccc(C2=NN(C)C(=O)C2(C)NO)cc1. The molecule has 0 bridgehead atoms. The van der Waals surface area contributed by atoms with Gasteiger partial charge in [0.05, 0.1) is 15.4 Å². The summed E-state index contributed by atoms with van der Waals surface area (Å²) in [4.78, 5) is 12.5. The Balaban J connectivity index is 2.44. The third-order valence-electron chi connectivity index (χ3n) is 3.81. The zero-order chi connectivity index (χ0) is 16.7. The van der Waals surface area contributed by atoms with Gasteiger partial charge in [-0.1, -0.05) is 12.1 Å². The standard InChI is InChI=1S/C14H20N4O3S/c1-9(2)22(15,21)11-7-5-10(6-8-11)12-14(3,17-20)13(19)18(4)16-12/h5-9,15,17,20H,1-4H3. The molecular formula is C14H20N4O3S. The van der Waals surface area contributed by atoms with Gasteiger partial charge >= 0.3 is 0 Å². The van der Waals surface area contributed by atoms with Gasteiger partial charge < -0.3 is 5.21 Å². The summed E-state index contributed by atoms with van der Waals surface area (Å²) in [5, 5.41) is 14.4. The number of hydrogen-bond donors (Lipinski definition) is 3. The van der Waals surface area contributed by atoms with Crippen LogP contribution in [0.3, 0.4) is 0 Å². The van der Waals surface area contributed by atoms with E-state index in [-0.39, 0.29) is 11.2 Å². The summed E-state index contributed by atoms with van der Waals surface area (Å²) >= 11 is 0. The second kappa shape index (κ2) is 5.45. The Hall–Kier alpha value is -1.77. The summed E-state index contributed by atoms with van der Waals surface area (Å²) in [6.07, 6.45) is 0. The van der Waals surface area contributed by atoms with Gasteiger partial charge in [0, 0.05) is 22.8 Å². The Bertz CT molecular complexity index is 725. The Morgan fingerprint density at radius 1 is 1.36 bits per heavy atom. The third kappa shape index (κ3) is 2.43. The maximum atomic E-state index is 12.3. The molecule has 1 amide bonds. The number of hydroxylamine groups is 1. The number of carbonyl (C=O) groups is 1. The predicted octanol–water partition coefficient (Wildman–Crippen LogP) is 1.41. The van der Waals surface area contributed by atoms with E-state index in [2.05, 4.69) is 5.10 Å². The van der Waals surface area contributed by atoms with E-state index in [9.17, 15) is 14.2 Å². The van der Waals surface area contributed by atoms with Gasteiger partial charge in [-0.15, -0.1) is 0 Å². The largest absolute Gasteiger partial charge is 0.315 e. The molecule has 0 aromatic heterocycles. The van der Waals surface area contributed by atoms with E-state index in [1.807, 2.05) is 5.48 Å². The molecule has 0 fully saturated rings. The van der Waals surface area contributed by atoms with Crippen LogP contribution in [0.2, 0.25) is 0 Å². The molecule has 1 aromatic rings. The summed E-state index contributed by atoms with van der Waals surface area (Å²) in [5.74, 6) is -0.374. The summed E-state index contributed by atoms with van der Waals surface area (Å²) in [5.41, 5.74) is 1.68. The van der Waals surface area contributed by atoms with Gasteiger partial charge in [-0.3, -0.25) is 4.79 Å². The number of hydrazone groups is 1. The molecule has 1 heterocycles. The maximum absolute atomic E-state index is 12.3. The summed E-state index contributed by atoms with van der Waals surface area (Å²) in [6.45, 7) is 5.02. The van der Waals surface area contributed by atoms with Crippen molar-refractivity contribution in [2.45, 2.75) is 36.5 Å². The van der Waals surface area contributed by atoms with Gasteiger partial charge in [-0.25, -0.2) is 14.0 Å². The van der Waals surface area contributed by atoms with E-state index in [4.69, 9.17) is 4.78 Å². The van der Waals surface area contributed by atoms with Crippen molar-refractivity contribution in [2.24, 2.45) is 5.10 Å². The number of nitrogens with one attached hydrogen (secondary N) is 2. The number of hydrogen-bond acceptors (Lipinski definition) is 6. The van der Waals surface area contributed by atoms with Crippen molar-refractivity contribution < 1.29 is 14.2 Å². The van der Waals surface area contributed by atoms with Crippen LogP contribution in [0.15, 0.2) is 34.3 Å². The second-order valence-electron chi connectivity index (χ2n) is 5.69. The predicted molar refractivity (Wildman–Crippen MR) is 83.3 cm³/mol. The highest BCUT2D eigenvalue weighted by molar-refractivity contribution is 7.93. The van der Waals surface area contributed by atoms with Crippen molar-refractivity contribution >= 4 is 21.3 Å². The maximum Gasteiger partial charge on any atom is 0.270 e. The van der Waals surface area contributed by atoms with E-state index >= 15 is 0 Å². The van der Waals surface area contributed by atoms with Crippen LogP contribution in [-0.2, 0) is 14.5 Å². The molecule has 0 aliphatic carbocycles. The molecule has 2 unspecified atom stereocenters. The van der Waals surface area contributed by atoms with Crippen molar-refractivity contribution in [3.8, 4) is 0 Å². The van der Waals surface area contributed by atoms with Gasteiger partial charge in [-0.2, -0.15) is 10.6 Å². The van der Waals surface area contributed by atoms with Crippen LogP contribution in [0.4, 0.5) is 0 Å². The molecule has 1 aliphatic rings. The molecule has 120 valence electrons. The minimum Gasteiger partial charge on any atom is -0.315 e. The van der Waals surface area contributed by atoms with Crippen LogP contribution in [0.1, 0.15) is 26.3 Å². The molecular weight excluding hydrogens is 304 g/mol. The lowest BCUT2D eigenvalue weighted by Crippen LogP contribution is -2.53. The Kier molecular flexibility index (Phi) is 4.12. The Labute approximate surface area is 129 Å². The fraction of sp³-hybridized carbons (Fsp3) is 0.429. The monoisotopic (exact) mass is 324 g/mol. The van der Waals surface area contributed by atoms with Crippen LogP contribution in [-0.4, -0.2) is 43.9 Å². The number of benzene rings is 1. The summed E-state index contributed by atoms with van der Waals surface area (Å²) in [6, 6.07) is 6.53. The molecule has 2 atom stereocenters. The van der Waals surface area contributed by atoms with Crippen molar-refractivity contribution in [3.05, 3.63) is 29.8 Å². The van der Waals surface area contributed by atoms with E-state index in [0.717, 1.165) is 5.01 Å². The van der Waals surface area contributed by atoms with Gasteiger partial charge in [0.1, 0.15) is 0 Å². The quantitative estimate of drug-likeness (QED) is 0.728. The van der Waals surface area contributed by atoms with E-state index in [0.29, 0.717) is 16.2 Å². The lowest BCUT2D eigenvalue weighted by atomic mass is 9.91. The molecule has 1 aromatic carbocycles. The molecule has 0 saturated heterocycles. The molecule has 22 heavy (non-hydrogen) atoms. The Morgan fingerprint density at radius 3 is 2.36 bits per heavy atom. The van der Waals surface area contributed by atoms with E-state index < -0.39 is 15.3 Å². The first-order valence-corrected chi connectivity index (χ1v) is 8.43. The summed E-state index contributed by atoms with van der Waals surface area (Å²) in [7, 11) is -1.35. The van der Waals surface area contributed by atoms with E-state index in [1.54, 1.807) is 38.1 Å². The van der Waals surface area contributed by atoms with Gasteiger partial charge in [0.25, 0.3) is 5.91 Å². The second-order valence-corrected chi connectivity index (χ2v) is 8.30. The third-order valence-corrected chi connectivity index (χ3v) is 6.11. The van der Waals surface area contributed by atoms with Crippen LogP contribution >= 0.6 is 0 Å². The van der Waals surface area contributed by atoms with Crippen LogP contribution < -0.4 is 5.48 Å². The molecule has 0 radical (unpaired) electrons. The minimum atomic E-state index is -2.86. The summed E-state index contributed by atoms with van der Waals surface area (Å²) < 4.78 is 20.3. The molecule has 3 N–H and O–H groups in total. The van der Waals surface area contributed by atoms with Crippen LogP contribution in [0, 0.1) is 4.78 Å². The number of likely N-dealkylation sites (N-methyl/N-ethyl adjacent to an activating group) is 1. The first-order chi connectivity index (χ1) is 10.1.